The van der Waals surface area contributed by atoms with Crippen molar-refractivity contribution in [2.24, 2.45) is 5.73 Å². The van der Waals surface area contributed by atoms with E-state index in [1.807, 2.05) is 60.7 Å². The number of amides is 6. The van der Waals surface area contributed by atoms with E-state index >= 15 is 0 Å². The second kappa shape index (κ2) is 18.7. The summed E-state index contributed by atoms with van der Waals surface area (Å²) in [6.45, 7) is 0.355. The Morgan fingerprint density at radius 1 is 0.677 bits per heavy atom. The number of halogens is 1. The molecule has 1 saturated carbocycles. The summed E-state index contributed by atoms with van der Waals surface area (Å²) in [6.07, 6.45) is 6.04. The number of rotatable bonds is 8. The van der Waals surface area contributed by atoms with Crippen molar-refractivity contribution in [2.45, 2.75) is 106 Å². The molecule has 17 heteroatoms. The quantitative estimate of drug-likeness (QED) is 0.122. The summed E-state index contributed by atoms with van der Waals surface area (Å²) in [7, 11) is 0. The highest BCUT2D eigenvalue weighted by atomic mass is 79.9. The highest BCUT2D eigenvalue weighted by Crippen LogP contribution is 2.33. The Hall–Kier alpha value is -6.20. The Morgan fingerprint density at radius 2 is 1.29 bits per heavy atom. The predicted molar refractivity (Wildman–Crippen MR) is 246 cm³/mol. The van der Waals surface area contributed by atoms with E-state index in [1.54, 1.807) is 24.5 Å². The summed E-state index contributed by atoms with van der Waals surface area (Å²) < 4.78 is 7.23. The van der Waals surface area contributed by atoms with Crippen LogP contribution >= 0.6 is 15.9 Å². The van der Waals surface area contributed by atoms with E-state index in [4.69, 9.17) is 10.5 Å². The fourth-order valence-corrected chi connectivity index (χ4v) is 10.5. The van der Waals surface area contributed by atoms with Crippen molar-refractivity contribution in [3.63, 3.8) is 0 Å². The van der Waals surface area contributed by atoms with Gasteiger partial charge in [-0.3, -0.25) is 28.8 Å². The standard InChI is InChI=1S/C48H54BrN9O7/c49-30-13-15-31(16-14-30)65-32-24-41-44(61)54-39(23-29-26-52-36-11-4-2-9-34(29)36)43(60)56-48(18-5-6-19-48)47(64)55-38(22-28-25-51-35-10-3-1-8-33(28)35)42(59)53-37(17-20-50)45(62)57-21-7-12-40(57)46(63)58(41)27-32/h1-4,8-11,13-16,25-26,32,37-41,51-52H,5-7,12,17-24,27,50H2,(H,53,59)(H,54,61)(H,55,64)(H,56,60)/t32-,37-,38-,39-,40+,41+/m0/s1. The van der Waals surface area contributed by atoms with Crippen LogP contribution in [0.4, 0.5) is 0 Å². The second-order valence-corrected chi connectivity index (χ2v) is 18.7. The third-order valence-corrected chi connectivity index (χ3v) is 14.1. The Labute approximate surface area is 384 Å². The average molecular weight is 949 g/mol. The van der Waals surface area contributed by atoms with Crippen molar-refractivity contribution in [3.05, 3.63) is 101 Å². The van der Waals surface area contributed by atoms with Gasteiger partial charge in [-0.15, -0.1) is 0 Å². The molecule has 4 aliphatic rings. The van der Waals surface area contributed by atoms with Crippen LogP contribution in [0.2, 0.25) is 0 Å². The van der Waals surface area contributed by atoms with Gasteiger partial charge < -0.3 is 51.5 Å². The van der Waals surface area contributed by atoms with Crippen molar-refractivity contribution in [3.8, 4) is 5.75 Å². The number of carbonyl (C=O) groups is 6. The van der Waals surface area contributed by atoms with Gasteiger partial charge >= 0.3 is 0 Å². The Kier molecular flexibility index (Phi) is 12.7. The van der Waals surface area contributed by atoms with Crippen LogP contribution in [0.1, 0.15) is 62.5 Å². The molecule has 5 heterocycles. The van der Waals surface area contributed by atoms with Gasteiger partial charge in [-0.1, -0.05) is 65.2 Å². The first-order valence-corrected chi connectivity index (χ1v) is 23.4. The van der Waals surface area contributed by atoms with Gasteiger partial charge in [-0.2, -0.15) is 0 Å². The summed E-state index contributed by atoms with van der Waals surface area (Å²) in [4.78, 5) is 98.2. The number of para-hydroxylation sites is 2. The number of hydrogen-bond acceptors (Lipinski definition) is 8. The van der Waals surface area contributed by atoms with Gasteiger partial charge in [-0.05, 0) is 86.2 Å². The van der Waals surface area contributed by atoms with Crippen LogP contribution < -0.4 is 31.7 Å². The van der Waals surface area contributed by atoms with E-state index in [1.165, 1.54) is 9.80 Å². The molecule has 5 aromatic rings. The minimum Gasteiger partial charge on any atom is -0.488 e. The lowest BCUT2D eigenvalue weighted by molar-refractivity contribution is -0.148. The van der Waals surface area contributed by atoms with Crippen molar-refractivity contribution in [1.82, 2.24) is 41.0 Å². The molecule has 3 saturated heterocycles. The lowest BCUT2D eigenvalue weighted by Crippen LogP contribution is -2.65. The van der Waals surface area contributed by atoms with E-state index in [0.29, 0.717) is 44.3 Å². The molecule has 0 unspecified atom stereocenters. The summed E-state index contributed by atoms with van der Waals surface area (Å²) in [5.41, 5.74) is 7.89. The number of nitrogens with zero attached hydrogens (tertiary/aromatic N) is 2. The number of nitrogens with two attached hydrogens (primary N) is 1. The molecule has 6 atom stereocenters. The molecule has 1 aliphatic carbocycles. The first-order chi connectivity index (χ1) is 31.5. The number of fused-ring (bicyclic) bond motifs is 4. The molecular formula is C48H54BrN9O7. The maximum atomic E-state index is 14.9. The molecule has 6 amide bonds. The first kappa shape index (κ1) is 44.0. The van der Waals surface area contributed by atoms with Gasteiger partial charge in [0.05, 0.1) is 6.54 Å². The van der Waals surface area contributed by atoms with Gasteiger partial charge in [0, 0.05) is 64.5 Å². The predicted octanol–water partition coefficient (Wildman–Crippen LogP) is 3.48. The SMILES string of the molecule is NCC[C@@H]1NC(=O)[C@H](Cc2c[nH]c3ccccc23)NC(=O)C2(CCCC2)NC(=O)[C@H](Cc2c[nH]c3ccccc23)NC(=O)[C@H]2C[C@H](Oc3ccc(Br)cc3)CN2C(=O)[C@H]2CCCN2C1=O. The molecule has 8 N–H and O–H groups in total. The summed E-state index contributed by atoms with van der Waals surface area (Å²) >= 11 is 3.45. The maximum Gasteiger partial charge on any atom is 0.246 e. The van der Waals surface area contributed by atoms with Crippen LogP contribution in [0.3, 0.4) is 0 Å². The first-order valence-electron chi connectivity index (χ1n) is 22.6. The molecule has 0 radical (unpaired) electrons. The zero-order chi connectivity index (χ0) is 45.2. The Balaban J connectivity index is 1.10. The van der Waals surface area contributed by atoms with Gasteiger partial charge in [0.1, 0.15) is 47.6 Å². The number of hydrogen-bond donors (Lipinski definition) is 7. The molecule has 0 bridgehead atoms. The van der Waals surface area contributed by atoms with Crippen molar-refractivity contribution < 1.29 is 33.5 Å². The highest BCUT2D eigenvalue weighted by molar-refractivity contribution is 9.10. The normalized spacial score (nSPS) is 25.5. The average Bonchev–Trinajstić information content (AvgIpc) is 4.17. The molecule has 65 heavy (non-hydrogen) atoms. The molecule has 4 fully saturated rings. The van der Waals surface area contributed by atoms with Crippen LogP contribution in [0, 0.1) is 0 Å². The molecule has 1 spiro atoms. The summed E-state index contributed by atoms with van der Waals surface area (Å²) in [6, 6.07) is 17.1. The topological polar surface area (TPSA) is 224 Å². The smallest absolute Gasteiger partial charge is 0.246 e. The minimum absolute atomic E-state index is 0.0482. The third kappa shape index (κ3) is 9.08. The van der Waals surface area contributed by atoms with E-state index in [2.05, 4.69) is 47.2 Å². The number of nitrogens with one attached hydrogen (secondary N) is 6. The fourth-order valence-electron chi connectivity index (χ4n) is 10.2. The maximum absolute atomic E-state index is 14.9. The van der Waals surface area contributed by atoms with Crippen LogP contribution in [0.5, 0.6) is 5.75 Å². The number of aromatic amines is 2. The van der Waals surface area contributed by atoms with Crippen LogP contribution in [-0.4, -0.2) is 117 Å². The molecule has 16 nitrogen and oxygen atoms in total. The number of H-pyrrole nitrogens is 2. The number of carbonyl (C=O) groups excluding carboxylic acids is 6. The molecule has 9 rings (SSSR count). The van der Waals surface area contributed by atoms with Crippen LogP contribution in [0.15, 0.2) is 89.7 Å². The highest BCUT2D eigenvalue weighted by Gasteiger charge is 2.49. The van der Waals surface area contributed by atoms with E-state index in [9.17, 15) is 28.8 Å². The lowest BCUT2D eigenvalue weighted by atomic mass is 9.93. The van der Waals surface area contributed by atoms with Gasteiger partial charge in [0.15, 0.2) is 0 Å². The van der Waals surface area contributed by atoms with Gasteiger partial charge in [0.2, 0.25) is 35.4 Å². The van der Waals surface area contributed by atoms with Gasteiger partial charge in [-0.25, -0.2) is 0 Å². The zero-order valence-corrected chi connectivity index (χ0v) is 37.5. The van der Waals surface area contributed by atoms with Gasteiger partial charge in [0.25, 0.3) is 0 Å². The fraction of sp³-hybridized carbons (Fsp3) is 0.417. The molecule has 3 aliphatic heterocycles. The van der Waals surface area contributed by atoms with E-state index in [-0.39, 0.29) is 45.3 Å². The summed E-state index contributed by atoms with van der Waals surface area (Å²) in [5.74, 6) is -2.63. The zero-order valence-electron chi connectivity index (χ0n) is 35.9. The monoisotopic (exact) mass is 947 g/mol. The Morgan fingerprint density at radius 3 is 1.94 bits per heavy atom. The van der Waals surface area contributed by atoms with Crippen molar-refractivity contribution >= 4 is 73.2 Å². The second-order valence-electron chi connectivity index (χ2n) is 17.8. The number of ether oxygens (including phenoxy) is 1. The van der Waals surface area contributed by atoms with Crippen LogP contribution in [-0.2, 0) is 41.6 Å². The molecule has 3 aromatic carbocycles. The van der Waals surface area contributed by atoms with Crippen molar-refractivity contribution in [2.75, 3.05) is 19.6 Å². The summed E-state index contributed by atoms with van der Waals surface area (Å²) in [5, 5.41) is 13.8. The van der Waals surface area contributed by atoms with E-state index < -0.39 is 77.3 Å². The number of benzene rings is 3. The molecule has 340 valence electrons. The van der Waals surface area contributed by atoms with E-state index in [0.717, 1.165) is 37.4 Å². The molecule has 2 aromatic heterocycles. The minimum atomic E-state index is -1.42. The number of aromatic nitrogens is 2. The Bertz CT molecular complexity index is 2610. The van der Waals surface area contributed by atoms with Crippen molar-refractivity contribution in [1.29, 1.82) is 0 Å². The lowest BCUT2D eigenvalue weighted by Gasteiger charge is -2.35. The van der Waals surface area contributed by atoms with Crippen LogP contribution in [0.25, 0.3) is 21.8 Å². The third-order valence-electron chi connectivity index (χ3n) is 13.6. The molecular weight excluding hydrogens is 894 g/mol. The largest absolute Gasteiger partial charge is 0.488 e.